The van der Waals surface area contributed by atoms with Crippen molar-refractivity contribution in [2.75, 3.05) is 28.4 Å². The first-order valence-corrected chi connectivity index (χ1v) is 13.5. The lowest BCUT2D eigenvalue weighted by molar-refractivity contribution is 0.405. The zero-order valence-electron chi connectivity index (χ0n) is 23.7. The van der Waals surface area contributed by atoms with Gasteiger partial charge < -0.3 is 28.4 Å². The molecule has 42 heavy (non-hydrogen) atoms. The highest BCUT2D eigenvalue weighted by Gasteiger charge is 2.26. The average Bonchev–Trinajstić information content (AvgIpc) is 3.05. The molecule has 0 fully saturated rings. The van der Waals surface area contributed by atoms with Gasteiger partial charge in [0.1, 0.15) is 46.0 Å². The number of rotatable bonds is 6. The van der Waals surface area contributed by atoms with Crippen molar-refractivity contribution in [2.24, 2.45) is 0 Å². The molecule has 0 N–H and O–H groups in total. The highest BCUT2D eigenvalue weighted by atomic mass is 16.5. The third kappa shape index (κ3) is 4.20. The first kappa shape index (κ1) is 25.6. The van der Waals surface area contributed by atoms with Crippen LogP contribution in [0.4, 0.5) is 0 Å². The SMILES string of the molecule is COc1ccc(C2=c3cc4c(cc3Oc3cc(OC)ccc32)=C(c2ccc(OC)cc2)c2ccc(OC)cc2O4)cc1. The van der Waals surface area contributed by atoms with E-state index in [1.807, 2.05) is 60.7 Å². The van der Waals surface area contributed by atoms with E-state index in [2.05, 4.69) is 36.4 Å². The predicted octanol–water partition coefficient (Wildman–Crippen LogP) is 6.43. The molecule has 0 amide bonds. The maximum absolute atomic E-state index is 6.59. The summed E-state index contributed by atoms with van der Waals surface area (Å²) >= 11 is 0. The van der Waals surface area contributed by atoms with E-state index in [1.165, 1.54) is 0 Å². The second-order valence-corrected chi connectivity index (χ2v) is 9.98. The molecule has 0 bridgehead atoms. The lowest BCUT2D eigenvalue weighted by Gasteiger charge is -2.25. The molecular formula is C36H28O6. The quantitative estimate of drug-likeness (QED) is 0.235. The van der Waals surface area contributed by atoms with Gasteiger partial charge in [0.2, 0.25) is 0 Å². The van der Waals surface area contributed by atoms with E-state index >= 15 is 0 Å². The molecule has 0 aromatic heterocycles. The first-order chi connectivity index (χ1) is 20.6. The van der Waals surface area contributed by atoms with Gasteiger partial charge in [-0.25, -0.2) is 0 Å². The molecular weight excluding hydrogens is 528 g/mol. The Morgan fingerprint density at radius 2 is 0.738 bits per heavy atom. The van der Waals surface area contributed by atoms with Gasteiger partial charge in [-0.05, 0) is 71.8 Å². The van der Waals surface area contributed by atoms with Crippen molar-refractivity contribution < 1.29 is 28.4 Å². The Morgan fingerprint density at radius 1 is 0.381 bits per heavy atom. The minimum atomic E-state index is 0.723. The summed E-state index contributed by atoms with van der Waals surface area (Å²) in [6.07, 6.45) is 0. The summed E-state index contributed by atoms with van der Waals surface area (Å²) in [6, 6.07) is 32.1. The van der Waals surface area contributed by atoms with E-state index in [0.29, 0.717) is 0 Å². The molecule has 6 heteroatoms. The van der Waals surface area contributed by atoms with Crippen molar-refractivity contribution in [3.05, 3.63) is 130 Å². The van der Waals surface area contributed by atoms with E-state index in [-0.39, 0.29) is 0 Å². The summed E-state index contributed by atoms with van der Waals surface area (Å²) in [5.74, 6) is 5.93. The third-order valence-corrected chi connectivity index (χ3v) is 7.73. The Balaban J connectivity index is 1.55. The minimum Gasteiger partial charge on any atom is -0.497 e. The molecule has 6 nitrogen and oxygen atoms in total. The molecule has 2 heterocycles. The lowest BCUT2D eigenvalue weighted by atomic mass is 9.89. The van der Waals surface area contributed by atoms with Crippen LogP contribution in [-0.4, -0.2) is 28.4 Å². The number of fused-ring (bicyclic) bond motifs is 4. The Labute approximate surface area is 243 Å². The summed E-state index contributed by atoms with van der Waals surface area (Å²) in [4.78, 5) is 0. The molecule has 208 valence electrons. The first-order valence-electron chi connectivity index (χ1n) is 13.5. The van der Waals surface area contributed by atoms with Crippen molar-refractivity contribution in [2.45, 2.75) is 0 Å². The summed E-state index contributed by atoms with van der Waals surface area (Å²) < 4.78 is 35.1. The Bertz CT molecular complexity index is 1810. The van der Waals surface area contributed by atoms with Crippen LogP contribution >= 0.6 is 0 Å². The van der Waals surface area contributed by atoms with Crippen LogP contribution in [-0.2, 0) is 0 Å². The largest absolute Gasteiger partial charge is 0.497 e. The highest BCUT2D eigenvalue weighted by molar-refractivity contribution is 5.88. The van der Waals surface area contributed by atoms with E-state index in [1.54, 1.807) is 28.4 Å². The van der Waals surface area contributed by atoms with Crippen LogP contribution < -0.4 is 38.9 Å². The highest BCUT2D eigenvalue weighted by Crippen LogP contribution is 2.42. The van der Waals surface area contributed by atoms with E-state index < -0.39 is 0 Å². The van der Waals surface area contributed by atoms with Crippen LogP contribution in [0, 0.1) is 0 Å². The Kier molecular flexibility index (Phi) is 6.24. The van der Waals surface area contributed by atoms with Gasteiger partial charge in [0.15, 0.2) is 0 Å². The summed E-state index contributed by atoms with van der Waals surface area (Å²) in [6.45, 7) is 0. The standard InChI is InChI=1S/C36H28O6/c1-37-23-9-5-21(6-10-23)35-27-15-13-25(39-3)17-31(27)41-33-20-30-34(19-29(33)35)42-32-18-26(40-4)14-16-28(32)36(30)22-7-11-24(38-2)12-8-22/h5-20H,1-4H3. The smallest absolute Gasteiger partial charge is 0.139 e. The molecule has 0 aliphatic carbocycles. The normalized spacial score (nSPS) is 12.6. The van der Waals surface area contributed by atoms with Gasteiger partial charge in [-0.15, -0.1) is 0 Å². The topological polar surface area (TPSA) is 55.4 Å². The zero-order valence-corrected chi connectivity index (χ0v) is 23.7. The number of methoxy groups -OCH3 is 4. The van der Waals surface area contributed by atoms with Crippen molar-refractivity contribution >= 4 is 11.1 Å². The fourth-order valence-electron chi connectivity index (χ4n) is 5.63. The Morgan fingerprint density at radius 3 is 1.10 bits per heavy atom. The van der Waals surface area contributed by atoms with Crippen LogP contribution in [0.5, 0.6) is 46.0 Å². The predicted molar refractivity (Wildman–Crippen MR) is 161 cm³/mol. The lowest BCUT2D eigenvalue weighted by Crippen LogP contribution is -2.24. The summed E-state index contributed by atoms with van der Waals surface area (Å²) in [7, 11) is 6.65. The molecule has 2 aliphatic heterocycles. The zero-order chi connectivity index (χ0) is 28.8. The molecule has 5 aromatic rings. The van der Waals surface area contributed by atoms with Gasteiger partial charge >= 0.3 is 0 Å². The fourth-order valence-corrected chi connectivity index (χ4v) is 5.63. The Hall–Kier alpha value is -5.36. The van der Waals surface area contributed by atoms with Crippen LogP contribution in [0.3, 0.4) is 0 Å². The van der Waals surface area contributed by atoms with E-state index in [9.17, 15) is 0 Å². The molecule has 2 aliphatic rings. The van der Waals surface area contributed by atoms with Crippen LogP contribution in [0.2, 0.25) is 0 Å². The van der Waals surface area contributed by atoms with Gasteiger partial charge in [-0.3, -0.25) is 0 Å². The van der Waals surface area contributed by atoms with Gasteiger partial charge in [-0.1, -0.05) is 24.3 Å². The number of benzene rings is 5. The number of ether oxygens (including phenoxy) is 6. The van der Waals surface area contributed by atoms with E-state index in [0.717, 1.165) is 89.8 Å². The number of hydrogen-bond donors (Lipinski definition) is 0. The van der Waals surface area contributed by atoms with Crippen molar-refractivity contribution in [1.29, 1.82) is 0 Å². The third-order valence-electron chi connectivity index (χ3n) is 7.73. The summed E-state index contributed by atoms with van der Waals surface area (Å²) in [5.41, 5.74) is 6.06. The fraction of sp³-hybridized carbons (Fsp3) is 0.111. The maximum atomic E-state index is 6.59. The monoisotopic (exact) mass is 556 g/mol. The van der Waals surface area contributed by atoms with Crippen molar-refractivity contribution in [3.63, 3.8) is 0 Å². The molecule has 5 aromatic carbocycles. The van der Waals surface area contributed by atoms with Crippen molar-refractivity contribution in [1.82, 2.24) is 0 Å². The van der Waals surface area contributed by atoms with E-state index in [4.69, 9.17) is 28.4 Å². The second-order valence-electron chi connectivity index (χ2n) is 9.98. The van der Waals surface area contributed by atoms with Crippen molar-refractivity contribution in [3.8, 4) is 46.0 Å². The molecule has 0 radical (unpaired) electrons. The van der Waals surface area contributed by atoms with Gasteiger partial charge in [0, 0.05) is 44.8 Å². The minimum absolute atomic E-state index is 0.723. The van der Waals surface area contributed by atoms with Crippen LogP contribution in [0.1, 0.15) is 22.3 Å². The van der Waals surface area contributed by atoms with Gasteiger partial charge in [0.05, 0.1) is 28.4 Å². The molecule has 0 unspecified atom stereocenters. The van der Waals surface area contributed by atoms with Crippen LogP contribution in [0.15, 0.2) is 97.1 Å². The average molecular weight is 557 g/mol. The molecule has 7 rings (SSSR count). The second kappa shape index (κ2) is 10.2. The van der Waals surface area contributed by atoms with Crippen LogP contribution in [0.25, 0.3) is 11.1 Å². The molecule has 0 saturated carbocycles. The van der Waals surface area contributed by atoms with Gasteiger partial charge in [0.25, 0.3) is 0 Å². The molecule has 0 saturated heterocycles. The maximum Gasteiger partial charge on any atom is 0.139 e. The summed E-state index contributed by atoms with van der Waals surface area (Å²) in [5, 5.41) is 1.86. The molecule has 0 atom stereocenters. The number of hydrogen-bond acceptors (Lipinski definition) is 6. The molecule has 0 spiro atoms. The van der Waals surface area contributed by atoms with Gasteiger partial charge in [-0.2, -0.15) is 0 Å².